The van der Waals surface area contributed by atoms with Crippen molar-refractivity contribution in [3.05, 3.63) is 22.5 Å². The van der Waals surface area contributed by atoms with Crippen LogP contribution in [0.15, 0.2) is 12.4 Å². The molecule has 22 heavy (non-hydrogen) atoms. The predicted molar refractivity (Wildman–Crippen MR) is 80.5 cm³/mol. The standard InChI is InChI=1S/C12H18N4O5S/c1-3-21-12(18)10(7-22)14-11(17)8(2)5-15-6-9(4-13-15)16(19)20/h4,6,8,10,22H,3,5,7H2,1-2H3,(H,14,17)/t8?,10-/m0/s1. The third-order valence-corrected chi connectivity index (χ3v) is 3.17. The molecule has 1 rings (SSSR count). The van der Waals surface area contributed by atoms with Crippen molar-refractivity contribution >= 4 is 30.2 Å². The first-order chi connectivity index (χ1) is 10.4. The fourth-order valence-electron chi connectivity index (χ4n) is 1.65. The maximum atomic E-state index is 12.0. The quantitative estimate of drug-likeness (QED) is 0.308. The number of thiol groups is 1. The number of rotatable bonds is 8. The molecule has 1 aromatic rings. The average molecular weight is 330 g/mol. The Morgan fingerprint density at radius 3 is 2.77 bits per heavy atom. The second kappa shape index (κ2) is 8.37. The number of aromatic nitrogens is 2. The first kappa shape index (κ1) is 18.0. The van der Waals surface area contributed by atoms with Gasteiger partial charge >= 0.3 is 11.7 Å². The van der Waals surface area contributed by atoms with Crippen molar-refractivity contribution in [2.24, 2.45) is 5.92 Å². The topological polar surface area (TPSA) is 116 Å². The molecule has 9 nitrogen and oxygen atoms in total. The van der Waals surface area contributed by atoms with Gasteiger partial charge in [-0.05, 0) is 6.92 Å². The van der Waals surface area contributed by atoms with Gasteiger partial charge in [-0.3, -0.25) is 19.6 Å². The van der Waals surface area contributed by atoms with Gasteiger partial charge in [-0.25, -0.2) is 4.79 Å². The summed E-state index contributed by atoms with van der Waals surface area (Å²) in [7, 11) is 0. The minimum absolute atomic E-state index is 0.116. The molecule has 10 heteroatoms. The Bertz CT molecular complexity index is 547. The zero-order valence-corrected chi connectivity index (χ0v) is 13.2. The molecule has 1 unspecified atom stereocenters. The molecule has 122 valence electrons. The van der Waals surface area contributed by atoms with Gasteiger partial charge in [0, 0.05) is 5.75 Å². The van der Waals surface area contributed by atoms with E-state index in [4.69, 9.17) is 4.74 Å². The van der Waals surface area contributed by atoms with Crippen LogP contribution in [0.25, 0.3) is 0 Å². The molecule has 2 atom stereocenters. The van der Waals surface area contributed by atoms with E-state index in [2.05, 4.69) is 23.0 Å². The molecule has 0 aliphatic heterocycles. The summed E-state index contributed by atoms with van der Waals surface area (Å²) >= 11 is 4.01. The smallest absolute Gasteiger partial charge is 0.329 e. The van der Waals surface area contributed by atoms with Gasteiger partial charge in [-0.1, -0.05) is 6.92 Å². The second-order valence-electron chi connectivity index (χ2n) is 4.57. The summed E-state index contributed by atoms with van der Waals surface area (Å²) in [4.78, 5) is 33.6. The van der Waals surface area contributed by atoms with Crippen molar-refractivity contribution in [3.63, 3.8) is 0 Å². The van der Waals surface area contributed by atoms with Crippen LogP contribution >= 0.6 is 12.6 Å². The van der Waals surface area contributed by atoms with E-state index < -0.39 is 22.9 Å². The molecule has 0 bridgehead atoms. The van der Waals surface area contributed by atoms with Crippen molar-refractivity contribution in [2.45, 2.75) is 26.4 Å². The van der Waals surface area contributed by atoms with E-state index in [9.17, 15) is 19.7 Å². The Morgan fingerprint density at radius 1 is 1.59 bits per heavy atom. The highest BCUT2D eigenvalue weighted by atomic mass is 32.1. The highest BCUT2D eigenvalue weighted by Gasteiger charge is 2.24. The van der Waals surface area contributed by atoms with Crippen LogP contribution in [0, 0.1) is 16.0 Å². The number of carbonyl (C=O) groups excluding carboxylic acids is 2. The number of carbonyl (C=O) groups is 2. The lowest BCUT2D eigenvalue weighted by molar-refractivity contribution is -0.385. The molecular weight excluding hydrogens is 312 g/mol. The number of nitrogens with one attached hydrogen (secondary N) is 1. The molecule has 0 spiro atoms. The minimum Gasteiger partial charge on any atom is -0.464 e. The van der Waals surface area contributed by atoms with E-state index in [0.717, 1.165) is 6.20 Å². The highest BCUT2D eigenvalue weighted by Crippen LogP contribution is 2.10. The lowest BCUT2D eigenvalue weighted by atomic mass is 10.1. The maximum Gasteiger partial charge on any atom is 0.329 e. The molecule has 0 aromatic carbocycles. The summed E-state index contributed by atoms with van der Waals surface area (Å²) in [5.74, 6) is -1.35. The third-order valence-electron chi connectivity index (χ3n) is 2.81. The lowest BCUT2D eigenvalue weighted by Crippen LogP contribution is -2.45. The minimum atomic E-state index is -0.829. The van der Waals surface area contributed by atoms with Crippen LogP contribution < -0.4 is 5.32 Å². The van der Waals surface area contributed by atoms with E-state index >= 15 is 0 Å². The van der Waals surface area contributed by atoms with Crippen molar-refractivity contribution in [1.82, 2.24) is 15.1 Å². The van der Waals surface area contributed by atoms with Crippen molar-refractivity contribution in [3.8, 4) is 0 Å². The van der Waals surface area contributed by atoms with E-state index in [-0.39, 0.29) is 30.5 Å². The average Bonchev–Trinajstić information content (AvgIpc) is 2.93. The van der Waals surface area contributed by atoms with Gasteiger partial charge in [0.15, 0.2) is 0 Å². The fourth-order valence-corrected chi connectivity index (χ4v) is 1.89. The molecular formula is C12H18N4O5S. The molecule has 0 aliphatic rings. The fraction of sp³-hybridized carbons (Fsp3) is 0.583. The van der Waals surface area contributed by atoms with Crippen LogP contribution in [-0.4, -0.2) is 45.0 Å². The highest BCUT2D eigenvalue weighted by molar-refractivity contribution is 7.80. The molecule has 1 amide bonds. The molecule has 1 heterocycles. The van der Waals surface area contributed by atoms with Crippen molar-refractivity contribution < 1.29 is 19.2 Å². The van der Waals surface area contributed by atoms with E-state index in [1.807, 2.05) is 0 Å². The zero-order valence-electron chi connectivity index (χ0n) is 12.3. The van der Waals surface area contributed by atoms with Crippen molar-refractivity contribution in [1.29, 1.82) is 0 Å². The van der Waals surface area contributed by atoms with E-state index in [1.165, 1.54) is 10.9 Å². The first-order valence-electron chi connectivity index (χ1n) is 6.63. The van der Waals surface area contributed by atoms with E-state index in [0.29, 0.717) is 0 Å². The Morgan fingerprint density at radius 2 is 2.27 bits per heavy atom. The van der Waals surface area contributed by atoms with Gasteiger partial charge in [0.1, 0.15) is 18.4 Å². The molecule has 0 fully saturated rings. The van der Waals surface area contributed by atoms with Gasteiger partial charge in [0.25, 0.3) is 0 Å². The van der Waals surface area contributed by atoms with Gasteiger partial charge < -0.3 is 10.1 Å². The van der Waals surface area contributed by atoms with Crippen LogP contribution in [0.5, 0.6) is 0 Å². The number of nitrogens with zero attached hydrogens (tertiary/aromatic N) is 3. The molecule has 0 saturated carbocycles. The van der Waals surface area contributed by atoms with Gasteiger partial charge in [0.2, 0.25) is 5.91 Å². The second-order valence-corrected chi connectivity index (χ2v) is 4.94. The summed E-state index contributed by atoms with van der Waals surface area (Å²) in [6.07, 6.45) is 2.35. The molecule has 0 saturated heterocycles. The molecule has 1 N–H and O–H groups in total. The normalized spacial score (nSPS) is 13.2. The maximum absolute atomic E-state index is 12.0. The number of hydrogen-bond acceptors (Lipinski definition) is 7. The monoisotopic (exact) mass is 330 g/mol. The van der Waals surface area contributed by atoms with E-state index in [1.54, 1.807) is 13.8 Å². The summed E-state index contributed by atoms with van der Waals surface area (Å²) in [5, 5.41) is 16.9. The largest absolute Gasteiger partial charge is 0.464 e. The Labute approximate surface area is 132 Å². The summed E-state index contributed by atoms with van der Waals surface area (Å²) in [6, 6.07) is -0.829. The van der Waals surface area contributed by atoms with Crippen LogP contribution in [0.4, 0.5) is 5.69 Å². The van der Waals surface area contributed by atoms with Crippen LogP contribution in [0.2, 0.25) is 0 Å². The number of ether oxygens (including phenoxy) is 1. The summed E-state index contributed by atoms with van der Waals surface area (Å²) in [5.41, 5.74) is -0.146. The summed E-state index contributed by atoms with van der Waals surface area (Å²) < 4.78 is 6.14. The third kappa shape index (κ3) is 5.02. The molecule has 0 aliphatic carbocycles. The molecule has 0 radical (unpaired) electrons. The van der Waals surface area contributed by atoms with Crippen molar-refractivity contribution in [2.75, 3.05) is 12.4 Å². The number of nitro groups is 1. The number of hydrogen-bond donors (Lipinski definition) is 2. The Balaban J connectivity index is 2.59. The number of esters is 1. The summed E-state index contributed by atoms with van der Waals surface area (Å²) in [6.45, 7) is 3.67. The van der Waals surface area contributed by atoms with Crippen LogP contribution in [0.3, 0.4) is 0 Å². The van der Waals surface area contributed by atoms with Gasteiger partial charge in [-0.2, -0.15) is 17.7 Å². The van der Waals surface area contributed by atoms with Crippen LogP contribution in [-0.2, 0) is 20.9 Å². The van der Waals surface area contributed by atoms with Gasteiger partial charge in [0.05, 0.1) is 24.0 Å². The Hall–Kier alpha value is -2.10. The number of amides is 1. The SMILES string of the molecule is CCOC(=O)[C@H](CS)NC(=O)C(C)Cn1cc([N+](=O)[O-])cn1. The Kier molecular flexibility index (Phi) is 6.83. The predicted octanol–water partition coefficient (Wildman–Crippen LogP) is 0.405. The zero-order chi connectivity index (χ0) is 16.7. The molecule has 1 aromatic heterocycles. The lowest BCUT2D eigenvalue weighted by Gasteiger charge is -2.18. The van der Waals surface area contributed by atoms with Gasteiger partial charge in [-0.15, -0.1) is 0 Å². The van der Waals surface area contributed by atoms with Crippen LogP contribution in [0.1, 0.15) is 13.8 Å². The first-order valence-corrected chi connectivity index (χ1v) is 7.27.